The SMILES string of the molecule is NCC(C1CCCCC1)C(CCN1CCN(c2cccc3c2OCCO3)CC1)c1ccccc1F. The van der Waals surface area contributed by atoms with Crippen molar-refractivity contribution in [3.8, 4) is 11.5 Å². The molecular formula is C29H40FN3O2. The number of fused-ring (bicyclic) bond motifs is 1. The average molecular weight is 482 g/mol. The first kappa shape index (κ1) is 24.4. The van der Waals surface area contributed by atoms with Gasteiger partial charge in [-0.3, -0.25) is 4.90 Å². The Labute approximate surface area is 209 Å². The molecule has 0 bridgehead atoms. The van der Waals surface area contributed by atoms with Crippen molar-refractivity contribution in [1.29, 1.82) is 0 Å². The third-order valence-corrected chi connectivity index (χ3v) is 8.36. The Morgan fingerprint density at radius 2 is 1.69 bits per heavy atom. The van der Waals surface area contributed by atoms with Crippen LogP contribution in [0.5, 0.6) is 11.5 Å². The van der Waals surface area contributed by atoms with E-state index in [4.69, 9.17) is 15.2 Å². The Morgan fingerprint density at radius 3 is 2.46 bits per heavy atom. The quantitative estimate of drug-likeness (QED) is 0.572. The first-order chi connectivity index (χ1) is 17.2. The molecule has 1 aliphatic carbocycles. The fourth-order valence-electron chi connectivity index (χ4n) is 6.46. The highest BCUT2D eigenvalue weighted by molar-refractivity contribution is 5.65. The molecular weight excluding hydrogens is 441 g/mol. The van der Waals surface area contributed by atoms with E-state index in [9.17, 15) is 4.39 Å². The Hall–Kier alpha value is -2.31. The van der Waals surface area contributed by atoms with Crippen LogP contribution in [0.25, 0.3) is 0 Å². The molecule has 2 atom stereocenters. The van der Waals surface area contributed by atoms with Crippen molar-refractivity contribution in [1.82, 2.24) is 4.90 Å². The third-order valence-electron chi connectivity index (χ3n) is 8.36. The first-order valence-corrected chi connectivity index (χ1v) is 13.5. The van der Waals surface area contributed by atoms with Gasteiger partial charge in [-0.25, -0.2) is 4.39 Å². The van der Waals surface area contributed by atoms with E-state index in [1.165, 1.54) is 32.1 Å². The van der Waals surface area contributed by atoms with E-state index in [0.717, 1.165) is 61.9 Å². The van der Waals surface area contributed by atoms with Gasteiger partial charge in [0.05, 0.1) is 5.69 Å². The van der Waals surface area contributed by atoms with Crippen LogP contribution >= 0.6 is 0 Å². The highest BCUT2D eigenvalue weighted by Gasteiger charge is 2.32. The summed E-state index contributed by atoms with van der Waals surface area (Å²) in [7, 11) is 0. The molecule has 5 nitrogen and oxygen atoms in total. The fraction of sp³-hybridized carbons (Fsp3) is 0.586. The van der Waals surface area contributed by atoms with Crippen LogP contribution in [0.3, 0.4) is 0 Å². The summed E-state index contributed by atoms with van der Waals surface area (Å²) in [6.07, 6.45) is 7.31. The maximum atomic E-state index is 15.0. The maximum absolute atomic E-state index is 15.0. The van der Waals surface area contributed by atoms with E-state index in [0.29, 0.717) is 31.6 Å². The van der Waals surface area contributed by atoms with Crippen LogP contribution in [-0.2, 0) is 0 Å². The zero-order chi connectivity index (χ0) is 24.0. The number of rotatable bonds is 8. The summed E-state index contributed by atoms with van der Waals surface area (Å²) in [4.78, 5) is 4.94. The number of anilines is 1. The summed E-state index contributed by atoms with van der Waals surface area (Å²) in [6.45, 7) is 6.71. The van der Waals surface area contributed by atoms with Gasteiger partial charge >= 0.3 is 0 Å². The van der Waals surface area contributed by atoms with Crippen LogP contribution in [-0.4, -0.2) is 57.4 Å². The minimum absolute atomic E-state index is 0.0763. The summed E-state index contributed by atoms with van der Waals surface area (Å²) in [6, 6.07) is 13.5. The molecule has 0 amide bonds. The standard InChI is InChI=1S/C29H40FN3O2/c30-26-10-5-4-9-24(26)23(25(21-31)22-7-2-1-3-8-22)13-14-32-15-17-33(18-16-32)27-11-6-12-28-29(27)35-20-19-34-28/h4-6,9-12,22-23,25H,1-3,7-8,13-21,31H2. The Morgan fingerprint density at radius 1 is 0.914 bits per heavy atom. The number of piperazine rings is 1. The Bertz CT molecular complexity index is 957. The van der Waals surface area contributed by atoms with Gasteiger partial charge in [-0.05, 0) is 61.0 Å². The summed E-state index contributed by atoms with van der Waals surface area (Å²) >= 11 is 0. The van der Waals surface area contributed by atoms with Crippen molar-refractivity contribution in [2.45, 2.75) is 44.4 Å². The lowest BCUT2D eigenvalue weighted by Gasteiger charge is -2.39. The van der Waals surface area contributed by atoms with Gasteiger partial charge in [-0.2, -0.15) is 0 Å². The highest BCUT2D eigenvalue weighted by atomic mass is 19.1. The third kappa shape index (κ3) is 5.59. The number of para-hydroxylation sites is 1. The first-order valence-electron chi connectivity index (χ1n) is 13.5. The highest BCUT2D eigenvalue weighted by Crippen LogP contribution is 2.41. The van der Waals surface area contributed by atoms with Crippen molar-refractivity contribution >= 4 is 5.69 Å². The van der Waals surface area contributed by atoms with Gasteiger partial charge in [0.2, 0.25) is 0 Å². The molecule has 2 aromatic rings. The van der Waals surface area contributed by atoms with Crippen LogP contribution in [0.4, 0.5) is 10.1 Å². The fourth-order valence-corrected chi connectivity index (χ4v) is 6.46. The van der Waals surface area contributed by atoms with Crippen LogP contribution in [0.2, 0.25) is 0 Å². The molecule has 0 spiro atoms. The van der Waals surface area contributed by atoms with Gasteiger partial charge in [-0.1, -0.05) is 56.4 Å². The lowest BCUT2D eigenvalue weighted by atomic mass is 9.71. The molecule has 2 unspecified atom stereocenters. The molecule has 1 saturated heterocycles. The second kappa shape index (κ2) is 11.6. The van der Waals surface area contributed by atoms with E-state index in [1.807, 2.05) is 24.3 Å². The van der Waals surface area contributed by atoms with Crippen molar-refractivity contribution in [2.24, 2.45) is 17.6 Å². The van der Waals surface area contributed by atoms with E-state index in [-0.39, 0.29) is 11.7 Å². The van der Waals surface area contributed by atoms with Crippen molar-refractivity contribution in [3.05, 3.63) is 53.8 Å². The lowest BCUT2D eigenvalue weighted by molar-refractivity contribution is 0.170. The summed E-state index contributed by atoms with van der Waals surface area (Å²) in [5.41, 5.74) is 8.37. The van der Waals surface area contributed by atoms with Crippen LogP contribution in [0.1, 0.15) is 50.0 Å². The molecule has 2 aromatic carbocycles. The van der Waals surface area contributed by atoms with Gasteiger partial charge in [0.1, 0.15) is 19.0 Å². The molecule has 6 heteroatoms. The smallest absolute Gasteiger partial charge is 0.184 e. The molecule has 5 rings (SSSR count). The van der Waals surface area contributed by atoms with Crippen LogP contribution in [0.15, 0.2) is 42.5 Å². The minimum Gasteiger partial charge on any atom is -0.486 e. The predicted molar refractivity (Wildman–Crippen MR) is 139 cm³/mol. The molecule has 0 radical (unpaired) electrons. The molecule has 0 aromatic heterocycles. The lowest BCUT2D eigenvalue weighted by Crippen LogP contribution is -2.47. The van der Waals surface area contributed by atoms with Gasteiger partial charge in [0.15, 0.2) is 11.5 Å². The summed E-state index contributed by atoms with van der Waals surface area (Å²) < 4.78 is 26.7. The van der Waals surface area contributed by atoms with E-state index >= 15 is 0 Å². The number of nitrogens with two attached hydrogens (primary N) is 1. The van der Waals surface area contributed by atoms with Gasteiger partial charge in [0, 0.05) is 26.2 Å². The monoisotopic (exact) mass is 481 g/mol. The topological polar surface area (TPSA) is 51.0 Å². The molecule has 1 saturated carbocycles. The second-order valence-electron chi connectivity index (χ2n) is 10.3. The average Bonchev–Trinajstić information content (AvgIpc) is 2.92. The number of ether oxygens (including phenoxy) is 2. The Kier molecular flexibility index (Phi) is 8.09. The number of benzene rings is 2. The van der Waals surface area contributed by atoms with Gasteiger partial charge < -0.3 is 20.1 Å². The van der Waals surface area contributed by atoms with Crippen molar-refractivity contribution in [3.63, 3.8) is 0 Å². The Balaban J connectivity index is 1.24. The zero-order valence-electron chi connectivity index (χ0n) is 20.8. The van der Waals surface area contributed by atoms with Crippen LogP contribution in [0, 0.1) is 17.7 Å². The number of hydrogen-bond acceptors (Lipinski definition) is 5. The van der Waals surface area contributed by atoms with Gasteiger partial charge in [0.25, 0.3) is 0 Å². The zero-order valence-corrected chi connectivity index (χ0v) is 20.8. The number of hydrogen-bond donors (Lipinski definition) is 1. The molecule has 2 heterocycles. The second-order valence-corrected chi connectivity index (χ2v) is 10.3. The molecule has 2 N–H and O–H groups in total. The summed E-state index contributed by atoms with van der Waals surface area (Å²) in [5, 5.41) is 0. The molecule has 2 fully saturated rings. The number of halogens is 1. The number of nitrogens with zero attached hydrogens (tertiary/aromatic N) is 2. The molecule has 2 aliphatic heterocycles. The van der Waals surface area contributed by atoms with Gasteiger partial charge in [-0.15, -0.1) is 0 Å². The summed E-state index contributed by atoms with van der Waals surface area (Å²) in [5.74, 6) is 2.79. The maximum Gasteiger partial charge on any atom is 0.184 e. The van der Waals surface area contributed by atoms with Crippen molar-refractivity contribution in [2.75, 3.05) is 57.4 Å². The van der Waals surface area contributed by atoms with Crippen molar-refractivity contribution < 1.29 is 13.9 Å². The molecule has 190 valence electrons. The largest absolute Gasteiger partial charge is 0.486 e. The molecule has 35 heavy (non-hydrogen) atoms. The predicted octanol–water partition coefficient (Wildman–Crippen LogP) is 5.05. The normalized spacial score (nSPS) is 21.0. The van der Waals surface area contributed by atoms with E-state index in [2.05, 4.69) is 15.9 Å². The van der Waals surface area contributed by atoms with E-state index in [1.54, 1.807) is 12.1 Å². The minimum atomic E-state index is -0.0763. The van der Waals surface area contributed by atoms with E-state index < -0.39 is 0 Å². The molecule has 3 aliphatic rings. The van der Waals surface area contributed by atoms with Crippen LogP contribution < -0.4 is 20.1 Å².